The molecule has 0 radical (unpaired) electrons. The average molecular weight is 644 g/mol. The number of benzene rings is 2. The van der Waals surface area contributed by atoms with Crippen LogP contribution in [0.1, 0.15) is 40.8 Å². The Morgan fingerprint density at radius 1 is 0.944 bits per heavy atom. The van der Waals surface area contributed by atoms with Crippen molar-refractivity contribution >= 4 is 28.3 Å². The molecule has 0 unspecified atom stereocenters. The van der Waals surface area contributed by atoms with Gasteiger partial charge in [-0.3, -0.25) is 15.0 Å². The van der Waals surface area contributed by atoms with E-state index in [1.165, 1.54) is 29.5 Å². The number of nitrogens with zero attached hydrogens (tertiary/aromatic N) is 2. The van der Waals surface area contributed by atoms with Gasteiger partial charge in [0.1, 0.15) is 6.10 Å². The van der Waals surface area contributed by atoms with Crippen molar-refractivity contribution in [3.63, 3.8) is 0 Å². The summed E-state index contributed by atoms with van der Waals surface area (Å²) in [5.41, 5.74) is -5.94. The smallest absolute Gasteiger partial charge is 0.344 e. The second-order valence-electron chi connectivity index (χ2n) is 7.72. The molecule has 1 fully saturated rings. The predicted octanol–water partition coefficient (Wildman–Crippen LogP) is 7.11. The Morgan fingerprint density at radius 3 is 1.92 bits per heavy atom. The summed E-state index contributed by atoms with van der Waals surface area (Å²) < 4.78 is 124. The van der Waals surface area contributed by atoms with Gasteiger partial charge in [0.15, 0.2) is 6.79 Å². The summed E-state index contributed by atoms with van der Waals surface area (Å²) in [7, 11) is 0. The molecule has 1 aliphatic heterocycles. The van der Waals surface area contributed by atoms with Gasteiger partial charge in [-0.2, -0.15) is 44.6 Å². The Morgan fingerprint density at radius 2 is 1.44 bits per heavy atom. The summed E-state index contributed by atoms with van der Waals surface area (Å²) in [5.74, 6) is 0. The van der Waals surface area contributed by atoms with Gasteiger partial charge >= 0.3 is 18.5 Å². The lowest BCUT2D eigenvalue weighted by Crippen LogP contribution is -2.43. The maximum Gasteiger partial charge on any atom is 0.416 e. The van der Waals surface area contributed by atoms with Gasteiger partial charge < -0.3 is 4.74 Å². The Hall–Kier alpha value is -2.18. The molecule has 1 heterocycles. The monoisotopic (exact) mass is 644 g/mol. The minimum absolute atomic E-state index is 0.0416. The summed E-state index contributed by atoms with van der Waals surface area (Å²) in [6.45, 7) is 0.0934. The molecule has 6 nitrogen and oxygen atoms in total. The van der Waals surface area contributed by atoms with Gasteiger partial charge in [0.05, 0.1) is 31.2 Å². The van der Waals surface area contributed by atoms with Crippen LogP contribution in [0.25, 0.3) is 0 Å². The van der Waals surface area contributed by atoms with Crippen molar-refractivity contribution in [2.24, 2.45) is 0 Å². The fourth-order valence-corrected chi connectivity index (χ4v) is 4.36. The highest BCUT2D eigenvalue weighted by Gasteiger charge is 2.40. The van der Waals surface area contributed by atoms with E-state index in [0.29, 0.717) is 24.3 Å². The molecule has 198 valence electrons. The molecule has 0 N–H and O–H groups in total. The van der Waals surface area contributed by atoms with E-state index in [4.69, 9.17) is 9.57 Å². The van der Waals surface area contributed by atoms with Crippen molar-refractivity contribution in [2.75, 3.05) is 6.79 Å². The number of hydrogen-bond acceptors (Lipinski definition) is 5. The van der Waals surface area contributed by atoms with E-state index in [2.05, 4.69) is 0 Å². The molecule has 0 saturated carbocycles. The lowest BCUT2D eigenvalue weighted by Gasteiger charge is -2.39. The first-order chi connectivity index (χ1) is 16.4. The maximum atomic E-state index is 13.4. The van der Waals surface area contributed by atoms with Crippen LogP contribution in [0.4, 0.5) is 45.2 Å². The van der Waals surface area contributed by atoms with E-state index in [1.54, 1.807) is 0 Å². The van der Waals surface area contributed by atoms with Crippen LogP contribution >= 0.6 is 22.6 Å². The first-order valence-corrected chi connectivity index (χ1v) is 10.8. The highest BCUT2D eigenvalue weighted by Crippen LogP contribution is 2.42. The quantitative estimate of drug-likeness (QED) is 0.154. The lowest BCUT2D eigenvalue weighted by atomic mass is 9.98. The van der Waals surface area contributed by atoms with Crippen molar-refractivity contribution in [1.82, 2.24) is 5.06 Å². The highest BCUT2D eigenvalue weighted by molar-refractivity contribution is 14.1. The first kappa shape index (κ1) is 28.4. The molecule has 2 aromatic carbocycles. The first-order valence-electron chi connectivity index (χ1n) is 9.74. The third-order valence-electron chi connectivity index (χ3n) is 5.26. The lowest BCUT2D eigenvalue weighted by molar-refractivity contribution is -0.386. The molecule has 1 aliphatic rings. The van der Waals surface area contributed by atoms with Crippen LogP contribution in [0.5, 0.6) is 0 Å². The third kappa shape index (κ3) is 6.20. The molecule has 3 rings (SSSR count). The molecule has 16 heteroatoms. The Bertz CT molecular complexity index is 1120. The van der Waals surface area contributed by atoms with Gasteiger partial charge in [-0.25, -0.2) is 0 Å². The van der Waals surface area contributed by atoms with Gasteiger partial charge in [-0.05, 0) is 59.3 Å². The molecular formula is C20H14F9IN2O4. The summed E-state index contributed by atoms with van der Waals surface area (Å²) in [6, 6.07) is 0.877. The van der Waals surface area contributed by atoms with Gasteiger partial charge in [0.25, 0.3) is 5.69 Å². The van der Waals surface area contributed by atoms with Crippen LogP contribution in [0.3, 0.4) is 0 Å². The largest absolute Gasteiger partial charge is 0.416 e. The minimum Gasteiger partial charge on any atom is -0.344 e. The maximum absolute atomic E-state index is 13.4. The van der Waals surface area contributed by atoms with Crippen LogP contribution in [0.2, 0.25) is 0 Å². The van der Waals surface area contributed by atoms with Crippen LogP contribution in [-0.2, 0) is 34.6 Å². The van der Waals surface area contributed by atoms with Crippen LogP contribution in [0.15, 0.2) is 30.3 Å². The van der Waals surface area contributed by atoms with E-state index >= 15 is 0 Å². The van der Waals surface area contributed by atoms with E-state index in [0.717, 1.165) is 5.06 Å². The molecule has 0 spiro atoms. The number of alkyl halides is 9. The van der Waals surface area contributed by atoms with Gasteiger partial charge in [-0.1, -0.05) is 0 Å². The van der Waals surface area contributed by atoms with Crippen LogP contribution in [0, 0.1) is 13.7 Å². The summed E-state index contributed by atoms with van der Waals surface area (Å²) in [4.78, 5) is 15.5. The molecule has 0 aliphatic carbocycles. The van der Waals surface area contributed by atoms with Gasteiger partial charge in [0, 0.05) is 18.2 Å². The van der Waals surface area contributed by atoms with Gasteiger partial charge in [-0.15, -0.1) is 0 Å². The predicted molar refractivity (Wildman–Crippen MR) is 112 cm³/mol. The summed E-state index contributed by atoms with van der Waals surface area (Å²) in [5, 5.41) is 12.3. The molecule has 0 amide bonds. The van der Waals surface area contributed by atoms with Crippen molar-refractivity contribution < 1.29 is 54.0 Å². The molecule has 0 bridgehead atoms. The zero-order chi connectivity index (χ0) is 27.2. The Labute approximate surface area is 210 Å². The van der Waals surface area contributed by atoms with Crippen LogP contribution < -0.4 is 0 Å². The normalized spacial score (nSPS) is 20.0. The summed E-state index contributed by atoms with van der Waals surface area (Å²) in [6.07, 6.45) is -16.4. The number of nitro groups is 1. The minimum atomic E-state index is -5.08. The van der Waals surface area contributed by atoms with Crippen molar-refractivity contribution in [3.8, 4) is 0 Å². The third-order valence-corrected chi connectivity index (χ3v) is 6.43. The Kier molecular flexibility index (Phi) is 7.84. The van der Waals surface area contributed by atoms with E-state index in [-0.39, 0.29) is 15.2 Å². The second kappa shape index (κ2) is 9.94. The number of hydrogen-bond donors (Lipinski definition) is 0. The van der Waals surface area contributed by atoms with E-state index in [9.17, 15) is 49.6 Å². The fraction of sp³-hybridized carbons (Fsp3) is 0.400. The highest BCUT2D eigenvalue weighted by atomic mass is 127. The summed E-state index contributed by atoms with van der Waals surface area (Å²) >= 11 is 1.47. The second-order valence-corrected chi connectivity index (χ2v) is 8.80. The van der Waals surface area contributed by atoms with Crippen molar-refractivity contribution in [2.45, 2.75) is 44.1 Å². The van der Waals surface area contributed by atoms with E-state index < -0.39 is 76.9 Å². The van der Waals surface area contributed by atoms with Crippen LogP contribution in [-0.4, -0.2) is 22.8 Å². The topological polar surface area (TPSA) is 64.8 Å². The zero-order valence-electron chi connectivity index (χ0n) is 17.8. The molecular weight excluding hydrogens is 630 g/mol. The van der Waals surface area contributed by atoms with Crippen molar-refractivity contribution in [1.29, 1.82) is 0 Å². The number of ether oxygens (including phenoxy) is 1. The van der Waals surface area contributed by atoms with E-state index in [1.807, 2.05) is 0 Å². The SMILES string of the molecule is C[C@@H]1[C@@H](c2cc(C(F)(F)F)cc([N+](=O)[O-])c2I)OCON1Cc1cc(C(F)(F)F)cc(C(F)(F)F)c1. The standard InChI is InChI=1S/C20H14F9IN2O4/c1-9-17(14-5-13(20(27,28)29)6-15(16(14)30)32(33)34)35-8-36-31(9)7-10-2-11(18(21,22)23)4-12(3-10)19(24,25)26/h2-6,9,17H,7-8H2,1H3/t9-,17+/m1/s1. The van der Waals surface area contributed by atoms with Crippen molar-refractivity contribution in [3.05, 3.63) is 71.8 Å². The number of nitro benzene ring substituents is 1. The number of hydroxylamine groups is 2. The average Bonchev–Trinajstić information content (AvgIpc) is 2.73. The number of rotatable bonds is 4. The fourth-order valence-electron chi connectivity index (χ4n) is 3.54. The molecule has 2 aromatic rings. The van der Waals surface area contributed by atoms with Gasteiger partial charge in [0.2, 0.25) is 0 Å². The molecule has 0 aromatic heterocycles. The molecule has 1 saturated heterocycles. The molecule has 36 heavy (non-hydrogen) atoms. The zero-order valence-corrected chi connectivity index (χ0v) is 19.9. The molecule has 2 atom stereocenters. The Balaban J connectivity index is 2.00. The number of halogens is 10.